The second-order valence-corrected chi connectivity index (χ2v) is 9.43. The number of ether oxygens (including phenoxy) is 1. The molecule has 34 heavy (non-hydrogen) atoms. The monoisotopic (exact) mass is 486 g/mol. The van der Waals surface area contributed by atoms with Crippen molar-refractivity contribution in [3.8, 4) is 5.75 Å². The molecule has 1 aromatic carbocycles. The number of methoxy groups -OCH3 is 1. The Hall–Kier alpha value is -3.04. The minimum absolute atomic E-state index is 0.0494. The van der Waals surface area contributed by atoms with Crippen LogP contribution in [-0.2, 0) is 0 Å². The highest BCUT2D eigenvalue weighted by Gasteiger charge is 2.36. The van der Waals surface area contributed by atoms with Gasteiger partial charge in [-0.05, 0) is 39.3 Å². The van der Waals surface area contributed by atoms with Gasteiger partial charge in [-0.25, -0.2) is 9.78 Å². The number of pyridine rings is 1. The van der Waals surface area contributed by atoms with Crippen LogP contribution < -0.4 is 20.4 Å². The van der Waals surface area contributed by atoms with Gasteiger partial charge in [0.05, 0.1) is 35.3 Å². The molecule has 2 aliphatic rings. The minimum Gasteiger partial charge on any atom is -0.492 e. The van der Waals surface area contributed by atoms with Crippen LogP contribution in [0.4, 0.5) is 5.69 Å². The second-order valence-electron chi connectivity index (χ2n) is 9.02. The van der Waals surface area contributed by atoms with Gasteiger partial charge < -0.3 is 29.0 Å². The van der Waals surface area contributed by atoms with Gasteiger partial charge in [-0.1, -0.05) is 11.6 Å². The fourth-order valence-electron chi connectivity index (χ4n) is 5.06. The number of anilines is 1. The number of nitrogens with one attached hydrogen (secondary N) is 1. The Morgan fingerprint density at radius 2 is 2.15 bits per heavy atom. The smallest absolute Gasteiger partial charge is 0.341 e. The molecule has 2 aromatic heterocycles. The molecule has 0 radical (unpaired) electrons. The largest absolute Gasteiger partial charge is 0.492 e. The van der Waals surface area contributed by atoms with Crippen molar-refractivity contribution in [3.05, 3.63) is 50.9 Å². The average Bonchev–Trinajstić information content (AvgIpc) is 3.39. The summed E-state index contributed by atoms with van der Waals surface area (Å²) in [4.78, 5) is 31.3. The molecular weight excluding hydrogens is 460 g/mol. The van der Waals surface area contributed by atoms with Crippen molar-refractivity contribution in [3.63, 3.8) is 0 Å². The maximum atomic E-state index is 13.0. The van der Waals surface area contributed by atoms with Gasteiger partial charge in [-0.2, -0.15) is 0 Å². The summed E-state index contributed by atoms with van der Waals surface area (Å²) in [6.07, 6.45) is 5.89. The molecule has 2 unspecified atom stereocenters. The highest BCUT2D eigenvalue weighted by molar-refractivity contribution is 6.35. The summed E-state index contributed by atoms with van der Waals surface area (Å²) in [5, 5.41) is 13.5. The molecule has 3 heterocycles. The average molecular weight is 487 g/mol. The summed E-state index contributed by atoms with van der Waals surface area (Å²) in [7, 11) is 3.45. The van der Waals surface area contributed by atoms with E-state index in [1.807, 2.05) is 18.5 Å². The first-order chi connectivity index (χ1) is 16.3. The van der Waals surface area contributed by atoms with E-state index in [-0.39, 0.29) is 29.0 Å². The highest BCUT2D eigenvalue weighted by atomic mass is 35.5. The Bertz CT molecular complexity index is 1330. The molecule has 1 aliphatic carbocycles. The lowest BCUT2D eigenvalue weighted by Crippen LogP contribution is -2.29. The van der Waals surface area contributed by atoms with Crippen molar-refractivity contribution in [2.75, 3.05) is 32.1 Å². The molecule has 3 aromatic rings. The number of carboxylic acids is 1. The van der Waals surface area contributed by atoms with E-state index in [0.717, 1.165) is 37.3 Å². The molecule has 0 amide bonds. The fraction of sp³-hybridized carbons (Fsp3) is 0.458. The number of hydrogen-bond acceptors (Lipinski definition) is 7. The topological polar surface area (TPSA) is 110 Å². The number of nitrogens with zero attached hydrogens (tertiary/aromatic N) is 3. The SMILES string of the molecule is CNC(c1ncc(C)o1)C1CCN(c2c(Cl)cc3c(=O)c(C(=O)O)cn(C4CC4)c3c2OC)C1. The predicted octanol–water partition coefficient (Wildman–Crippen LogP) is 3.78. The van der Waals surface area contributed by atoms with Crippen LogP contribution in [0, 0.1) is 12.8 Å². The van der Waals surface area contributed by atoms with E-state index >= 15 is 0 Å². The van der Waals surface area contributed by atoms with E-state index in [2.05, 4.69) is 15.2 Å². The van der Waals surface area contributed by atoms with E-state index in [1.165, 1.54) is 6.20 Å². The van der Waals surface area contributed by atoms with Crippen LogP contribution in [0.3, 0.4) is 0 Å². The van der Waals surface area contributed by atoms with Crippen LogP contribution >= 0.6 is 11.6 Å². The van der Waals surface area contributed by atoms with Gasteiger partial charge in [0.2, 0.25) is 11.3 Å². The lowest BCUT2D eigenvalue weighted by Gasteiger charge is -2.26. The maximum Gasteiger partial charge on any atom is 0.341 e. The minimum atomic E-state index is -1.25. The van der Waals surface area contributed by atoms with Crippen LogP contribution in [0.1, 0.15) is 53.4 Å². The number of rotatable bonds is 7. The zero-order valence-corrected chi connectivity index (χ0v) is 20.1. The number of carboxylic acid groups (broad SMARTS) is 1. The molecule has 1 saturated carbocycles. The summed E-state index contributed by atoms with van der Waals surface area (Å²) in [6, 6.07) is 1.67. The summed E-state index contributed by atoms with van der Waals surface area (Å²) in [6.45, 7) is 3.30. The van der Waals surface area contributed by atoms with Gasteiger partial charge in [0.1, 0.15) is 17.0 Å². The number of aromatic nitrogens is 2. The molecule has 180 valence electrons. The third kappa shape index (κ3) is 3.73. The number of oxazole rings is 1. The predicted molar refractivity (Wildman–Crippen MR) is 128 cm³/mol. The third-order valence-corrected chi connectivity index (χ3v) is 7.09. The zero-order chi connectivity index (χ0) is 24.1. The summed E-state index contributed by atoms with van der Waals surface area (Å²) in [5.74, 6) is 0.898. The number of hydrogen-bond donors (Lipinski definition) is 2. The maximum absolute atomic E-state index is 13.0. The first-order valence-electron chi connectivity index (χ1n) is 11.4. The van der Waals surface area contributed by atoms with E-state index in [0.29, 0.717) is 28.7 Å². The van der Waals surface area contributed by atoms with Gasteiger partial charge in [-0.15, -0.1) is 0 Å². The molecule has 5 rings (SSSR count). The van der Waals surface area contributed by atoms with Crippen molar-refractivity contribution in [1.29, 1.82) is 0 Å². The Kier molecular flexibility index (Phi) is 5.77. The van der Waals surface area contributed by atoms with Crippen LogP contribution in [0.5, 0.6) is 5.75 Å². The van der Waals surface area contributed by atoms with E-state index in [9.17, 15) is 14.7 Å². The third-order valence-electron chi connectivity index (χ3n) is 6.80. The summed E-state index contributed by atoms with van der Waals surface area (Å²) in [5.41, 5.74) is 0.496. The van der Waals surface area contributed by atoms with E-state index in [1.54, 1.807) is 19.4 Å². The zero-order valence-electron chi connectivity index (χ0n) is 19.3. The van der Waals surface area contributed by atoms with Crippen molar-refractivity contribution in [1.82, 2.24) is 14.9 Å². The van der Waals surface area contributed by atoms with Crippen molar-refractivity contribution >= 4 is 34.2 Å². The molecular formula is C24H27ClN4O5. The Morgan fingerprint density at radius 1 is 1.38 bits per heavy atom. The van der Waals surface area contributed by atoms with Crippen LogP contribution in [0.15, 0.2) is 27.7 Å². The molecule has 2 N–H and O–H groups in total. The number of carbonyl (C=O) groups is 1. The lowest BCUT2D eigenvalue weighted by atomic mass is 9.99. The molecule has 2 atom stereocenters. The standard InChI is InChI=1S/C24H27ClN4O5/c1-12-9-27-23(34-12)18(26-2)13-6-7-28(10-13)20-17(25)8-15-19(22(20)33-3)29(14-4-5-14)11-16(21(15)30)24(31)32/h8-9,11,13-14,18,26H,4-7,10H2,1-3H3,(H,31,32). The van der Waals surface area contributed by atoms with Crippen LogP contribution in [0.2, 0.25) is 5.02 Å². The van der Waals surface area contributed by atoms with E-state index < -0.39 is 11.4 Å². The lowest BCUT2D eigenvalue weighted by molar-refractivity contribution is 0.0695. The van der Waals surface area contributed by atoms with E-state index in [4.69, 9.17) is 20.8 Å². The Balaban J connectivity index is 1.60. The van der Waals surface area contributed by atoms with Gasteiger partial charge in [-0.3, -0.25) is 4.79 Å². The second kappa shape index (κ2) is 8.63. The van der Waals surface area contributed by atoms with Crippen LogP contribution in [0.25, 0.3) is 10.9 Å². The van der Waals surface area contributed by atoms with Crippen molar-refractivity contribution in [2.24, 2.45) is 5.92 Å². The molecule has 9 nitrogen and oxygen atoms in total. The van der Waals surface area contributed by atoms with Crippen molar-refractivity contribution < 1.29 is 19.1 Å². The summed E-state index contributed by atoms with van der Waals surface area (Å²) < 4.78 is 13.5. The quantitative estimate of drug-likeness (QED) is 0.519. The molecule has 1 saturated heterocycles. The first-order valence-corrected chi connectivity index (χ1v) is 11.7. The van der Waals surface area contributed by atoms with Gasteiger partial charge in [0.15, 0.2) is 5.75 Å². The van der Waals surface area contributed by atoms with Crippen molar-refractivity contribution in [2.45, 2.75) is 38.3 Å². The van der Waals surface area contributed by atoms with Gasteiger partial charge in [0.25, 0.3) is 0 Å². The fourth-order valence-corrected chi connectivity index (χ4v) is 5.38. The number of benzene rings is 1. The molecule has 0 bridgehead atoms. The molecule has 0 spiro atoms. The highest BCUT2D eigenvalue weighted by Crippen LogP contribution is 2.47. The van der Waals surface area contributed by atoms with Crippen LogP contribution in [-0.4, -0.2) is 47.9 Å². The molecule has 1 aliphatic heterocycles. The summed E-state index contributed by atoms with van der Waals surface area (Å²) >= 11 is 6.74. The first kappa shape index (κ1) is 22.7. The van der Waals surface area contributed by atoms with Gasteiger partial charge in [0, 0.05) is 31.2 Å². The number of aryl methyl sites for hydroxylation is 1. The number of aromatic carboxylic acids is 1. The Labute approximate surface area is 201 Å². The van der Waals surface area contributed by atoms with Gasteiger partial charge >= 0.3 is 5.97 Å². The molecule has 2 fully saturated rings. The normalized spacial score (nSPS) is 19.1. The number of fused-ring (bicyclic) bond motifs is 1. The number of halogens is 1. The molecule has 10 heteroatoms. The Morgan fingerprint density at radius 3 is 2.74 bits per heavy atom.